The largest absolute Gasteiger partial charge is 0.550 e. The highest BCUT2D eigenvalue weighted by atomic mass is 16.4. The molecule has 19 heavy (non-hydrogen) atoms. The van der Waals surface area contributed by atoms with Gasteiger partial charge in [0.2, 0.25) is 0 Å². The van der Waals surface area contributed by atoms with Crippen molar-refractivity contribution in [1.29, 1.82) is 0 Å². The van der Waals surface area contributed by atoms with Crippen molar-refractivity contribution in [2.24, 2.45) is 0 Å². The van der Waals surface area contributed by atoms with E-state index in [1.165, 1.54) is 0 Å². The lowest BCUT2D eigenvalue weighted by molar-refractivity contribution is -0.890. The first-order valence-corrected chi connectivity index (χ1v) is 6.95. The van der Waals surface area contributed by atoms with E-state index >= 15 is 0 Å². The number of hydrogen-bond acceptors (Lipinski definition) is 3. The van der Waals surface area contributed by atoms with Gasteiger partial charge in [0.15, 0.2) is 5.78 Å². The van der Waals surface area contributed by atoms with E-state index in [4.69, 9.17) is 0 Å². The van der Waals surface area contributed by atoms with Crippen LogP contribution >= 0.6 is 0 Å². The number of carboxylic acids is 1. The van der Waals surface area contributed by atoms with Gasteiger partial charge >= 0.3 is 0 Å². The van der Waals surface area contributed by atoms with Crippen molar-refractivity contribution in [3.8, 4) is 0 Å². The Morgan fingerprint density at radius 3 is 1.89 bits per heavy atom. The Hall–Kier alpha value is -1.16. The Morgan fingerprint density at radius 1 is 1.00 bits per heavy atom. The minimum atomic E-state index is -0.969. The highest BCUT2D eigenvalue weighted by molar-refractivity contribution is 5.93. The number of aliphatic carboxylic acids is 1. The highest BCUT2D eigenvalue weighted by Gasteiger charge is 2.14. The first kappa shape index (κ1) is 17.8. The minimum Gasteiger partial charge on any atom is -0.550 e. The van der Waals surface area contributed by atoms with Gasteiger partial charge in [0.1, 0.15) is 0 Å². The van der Waals surface area contributed by atoms with Crippen molar-refractivity contribution in [3.63, 3.8) is 0 Å². The fourth-order valence-corrected chi connectivity index (χ4v) is 1.96. The van der Waals surface area contributed by atoms with Crippen LogP contribution in [0.4, 0.5) is 0 Å². The molecule has 0 rings (SSSR count). The minimum absolute atomic E-state index is 0.146. The van der Waals surface area contributed by atoms with Gasteiger partial charge in [0.05, 0.1) is 27.2 Å². The molecule has 0 saturated heterocycles. The van der Waals surface area contributed by atoms with Crippen molar-refractivity contribution >= 4 is 11.8 Å². The van der Waals surface area contributed by atoms with Crippen molar-refractivity contribution < 1.29 is 19.2 Å². The van der Waals surface area contributed by atoms with E-state index < -0.39 is 5.97 Å². The van der Waals surface area contributed by atoms with Gasteiger partial charge in [0, 0.05) is 12.4 Å². The molecule has 110 valence electrons. The number of carbonyl (C=O) groups excluding carboxylic acids is 2. The molecule has 0 bridgehead atoms. The van der Waals surface area contributed by atoms with Gasteiger partial charge < -0.3 is 14.4 Å². The number of allylic oxidation sites excluding steroid dienone is 1. The highest BCUT2D eigenvalue weighted by Crippen LogP contribution is 2.08. The molecular weight excluding hydrogens is 242 g/mol. The van der Waals surface area contributed by atoms with Crippen molar-refractivity contribution in [2.45, 2.75) is 45.4 Å². The molecule has 0 saturated carbocycles. The summed E-state index contributed by atoms with van der Waals surface area (Å²) in [7, 11) is 4.28. The lowest BCUT2D eigenvalue weighted by Gasteiger charge is -2.30. The maximum atomic E-state index is 11.4. The van der Waals surface area contributed by atoms with Crippen LogP contribution in [0.25, 0.3) is 0 Å². The number of carboxylic acid groups (broad SMARTS) is 1. The van der Waals surface area contributed by atoms with Crippen molar-refractivity contribution in [2.75, 3.05) is 27.2 Å². The number of unbranched alkanes of at least 4 members (excludes halogenated alkanes) is 2. The Kier molecular flexibility index (Phi) is 8.32. The molecule has 0 aromatic carbocycles. The summed E-state index contributed by atoms with van der Waals surface area (Å²) >= 11 is 0. The van der Waals surface area contributed by atoms with Crippen LogP contribution in [0.1, 0.15) is 45.4 Å². The van der Waals surface area contributed by atoms with Gasteiger partial charge in [-0.25, -0.2) is 0 Å². The zero-order valence-electron chi connectivity index (χ0n) is 12.5. The van der Waals surface area contributed by atoms with E-state index in [0.29, 0.717) is 18.4 Å². The number of quaternary nitrogens is 1. The van der Waals surface area contributed by atoms with E-state index in [0.717, 1.165) is 36.8 Å². The van der Waals surface area contributed by atoms with E-state index in [1.807, 2.05) is 0 Å². The summed E-state index contributed by atoms with van der Waals surface area (Å²) in [6.45, 7) is 7.36. The third kappa shape index (κ3) is 10.4. The Labute approximate surface area is 116 Å². The lowest BCUT2D eigenvalue weighted by Crippen LogP contribution is -2.41. The molecule has 0 spiro atoms. The Morgan fingerprint density at radius 2 is 1.47 bits per heavy atom. The summed E-state index contributed by atoms with van der Waals surface area (Å²) in [4.78, 5) is 21.7. The fraction of sp³-hybridized carbons (Fsp3) is 0.733. The van der Waals surface area contributed by atoms with E-state index in [1.54, 1.807) is 6.92 Å². The molecule has 0 heterocycles. The van der Waals surface area contributed by atoms with Crippen LogP contribution in [-0.4, -0.2) is 43.4 Å². The normalized spacial score (nSPS) is 11.3. The van der Waals surface area contributed by atoms with Crippen LogP contribution < -0.4 is 5.11 Å². The second kappa shape index (κ2) is 8.86. The molecule has 4 heteroatoms. The molecular formula is C15H27NO3. The summed E-state index contributed by atoms with van der Waals surface area (Å²) in [5.74, 6) is -0.817. The van der Waals surface area contributed by atoms with Crippen LogP contribution in [0.5, 0.6) is 0 Å². The van der Waals surface area contributed by atoms with E-state index in [-0.39, 0.29) is 12.2 Å². The zero-order chi connectivity index (χ0) is 14.9. The van der Waals surface area contributed by atoms with Gasteiger partial charge in [0.25, 0.3) is 0 Å². The first-order chi connectivity index (χ1) is 8.74. The molecule has 0 fully saturated rings. The summed E-state index contributed by atoms with van der Waals surface area (Å²) in [6, 6.07) is 0. The predicted molar refractivity (Wildman–Crippen MR) is 74.4 cm³/mol. The van der Waals surface area contributed by atoms with Gasteiger partial charge in [-0.15, -0.1) is 0 Å². The maximum Gasteiger partial charge on any atom is 0.157 e. The van der Waals surface area contributed by atoms with Crippen LogP contribution in [0.15, 0.2) is 12.2 Å². The van der Waals surface area contributed by atoms with Gasteiger partial charge in [-0.2, -0.15) is 0 Å². The van der Waals surface area contributed by atoms with E-state index in [9.17, 15) is 14.7 Å². The average Bonchev–Trinajstić information content (AvgIpc) is 2.29. The number of hydrogen-bond donors (Lipinski definition) is 0. The molecule has 0 aliphatic carbocycles. The number of rotatable bonds is 11. The van der Waals surface area contributed by atoms with Gasteiger partial charge in [-0.05, 0) is 44.6 Å². The smallest absolute Gasteiger partial charge is 0.157 e. The van der Waals surface area contributed by atoms with Crippen LogP contribution in [-0.2, 0) is 9.59 Å². The lowest BCUT2D eigenvalue weighted by atomic mass is 10.1. The average molecular weight is 269 g/mol. The second-order valence-electron chi connectivity index (χ2n) is 5.87. The third-order valence-electron chi connectivity index (χ3n) is 3.29. The number of nitrogens with zero attached hydrogens (tertiary/aromatic N) is 1. The molecule has 0 unspecified atom stereocenters. The van der Waals surface area contributed by atoms with Gasteiger partial charge in [-0.3, -0.25) is 4.79 Å². The molecule has 0 aromatic rings. The summed E-state index contributed by atoms with van der Waals surface area (Å²) in [5, 5.41) is 10.3. The SMILES string of the molecule is C=C(C)C(=O)CCCC[N+](C)(C)CCCCC(=O)[O-]. The summed E-state index contributed by atoms with van der Waals surface area (Å²) in [6.07, 6.45) is 4.20. The molecule has 0 radical (unpaired) electrons. The molecule has 4 nitrogen and oxygen atoms in total. The van der Waals surface area contributed by atoms with Crippen molar-refractivity contribution in [1.82, 2.24) is 0 Å². The number of carbonyl (C=O) groups is 2. The molecule has 0 aliphatic rings. The van der Waals surface area contributed by atoms with Crippen LogP contribution in [0, 0.1) is 0 Å². The predicted octanol–water partition coefficient (Wildman–Crippen LogP) is 1.30. The molecule has 0 atom stereocenters. The van der Waals surface area contributed by atoms with Crippen LogP contribution in [0.3, 0.4) is 0 Å². The maximum absolute atomic E-state index is 11.4. The number of ketones is 1. The van der Waals surface area contributed by atoms with Crippen molar-refractivity contribution in [3.05, 3.63) is 12.2 Å². The monoisotopic (exact) mass is 269 g/mol. The second-order valence-corrected chi connectivity index (χ2v) is 5.87. The topological polar surface area (TPSA) is 57.2 Å². The molecule has 0 aromatic heterocycles. The quantitative estimate of drug-likeness (QED) is 0.323. The zero-order valence-corrected chi connectivity index (χ0v) is 12.5. The summed E-state index contributed by atoms with van der Waals surface area (Å²) < 4.78 is 0.869. The Balaban J connectivity index is 3.69. The molecule has 0 aliphatic heterocycles. The number of Topliss-reactive ketones (excluding diaryl/α,β-unsaturated/α-hetero) is 1. The standard InChI is InChI=1S/C15H27NO3/c1-13(2)14(17)9-5-7-11-16(3,4)12-8-6-10-15(18)19/h1,5-12H2,2-4H3. The van der Waals surface area contributed by atoms with E-state index in [2.05, 4.69) is 20.7 Å². The molecule has 0 N–H and O–H groups in total. The third-order valence-corrected chi connectivity index (χ3v) is 3.29. The molecule has 0 amide bonds. The first-order valence-electron chi connectivity index (χ1n) is 6.95. The fourth-order valence-electron chi connectivity index (χ4n) is 1.96. The Bertz CT molecular complexity index is 321. The van der Waals surface area contributed by atoms with Gasteiger partial charge in [-0.1, -0.05) is 6.58 Å². The van der Waals surface area contributed by atoms with Crippen LogP contribution in [0.2, 0.25) is 0 Å². The summed E-state index contributed by atoms with van der Waals surface area (Å²) in [5.41, 5.74) is 0.635.